The molecule has 31 heavy (non-hydrogen) atoms. The number of nitrogens with zero attached hydrogens (tertiary/aromatic N) is 3. The maximum absolute atomic E-state index is 12.8. The lowest BCUT2D eigenvalue weighted by molar-refractivity contribution is 0.342. The Hall–Kier alpha value is -3.74. The van der Waals surface area contributed by atoms with Crippen LogP contribution in [0.4, 0.5) is 11.4 Å². The first-order chi connectivity index (χ1) is 14.6. The number of anilines is 2. The van der Waals surface area contributed by atoms with Crippen LogP contribution in [0.15, 0.2) is 59.7 Å². The number of hydrogen-bond donors (Lipinski definition) is 2. The van der Waals surface area contributed by atoms with Gasteiger partial charge in [0.2, 0.25) is 0 Å². The van der Waals surface area contributed by atoms with Crippen molar-refractivity contribution in [3.05, 3.63) is 65.3 Å². The SMILES string of the molecule is Cn1c(=O)n(CC(C)(C)C)c2ccc(-c3cc(Oc4ccncc4N)ccc3N)cc21. The summed E-state index contributed by atoms with van der Waals surface area (Å²) in [4.78, 5) is 16.8. The zero-order valence-corrected chi connectivity index (χ0v) is 18.2. The number of nitrogens with two attached hydrogens (primary N) is 2. The van der Waals surface area contributed by atoms with Crippen molar-refractivity contribution in [2.24, 2.45) is 12.5 Å². The van der Waals surface area contributed by atoms with Crippen molar-refractivity contribution in [3.63, 3.8) is 0 Å². The van der Waals surface area contributed by atoms with Gasteiger partial charge in [-0.1, -0.05) is 26.8 Å². The molecule has 7 nitrogen and oxygen atoms in total. The van der Waals surface area contributed by atoms with E-state index in [2.05, 4.69) is 25.8 Å². The third-order valence-electron chi connectivity index (χ3n) is 5.15. The Balaban J connectivity index is 1.78. The van der Waals surface area contributed by atoms with Gasteiger partial charge >= 0.3 is 5.69 Å². The molecule has 0 saturated heterocycles. The molecule has 0 saturated carbocycles. The fraction of sp³-hybridized carbons (Fsp3) is 0.250. The molecule has 0 fully saturated rings. The number of aryl methyl sites for hydroxylation is 1. The van der Waals surface area contributed by atoms with Crippen molar-refractivity contribution in [2.45, 2.75) is 27.3 Å². The monoisotopic (exact) mass is 417 g/mol. The lowest BCUT2D eigenvalue weighted by Crippen LogP contribution is -2.27. The van der Waals surface area contributed by atoms with Crippen LogP contribution in [0.3, 0.4) is 0 Å². The Morgan fingerprint density at radius 1 is 1.00 bits per heavy atom. The molecule has 7 heteroatoms. The van der Waals surface area contributed by atoms with Gasteiger partial charge in [0.05, 0.1) is 22.9 Å². The van der Waals surface area contributed by atoms with E-state index in [9.17, 15) is 4.79 Å². The van der Waals surface area contributed by atoms with E-state index in [1.54, 1.807) is 42.2 Å². The van der Waals surface area contributed by atoms with Gasteiger partial charge in [-0.25, -0.2) is 4.79 Å². The average Bonchev–Trinajstić information content (AvgIpc) is 2.94. The standard InChI is InChI=1S/C24H27N5O2/c1-24(2,3)14-29-20-8-5-15(11-21(20)28(4)23(29)30)17-12-16(6-7-18(17)25)31-22-9-10-27-13-19(22)26/h5-13H,14,25-26H2,1-4H3. The minimum atomic E-state index is -0.0275. The van der Waals surface area contributed by atoms with E-state index >= 15 is 0 Å². The van der Waals surface area contributed by atoms with E-state index in [1.165, 1.54) is 0 Å². The van der Waals surface area contributed by atoms with Crippen LogP contribution in [-0.2, 0) is 13.6 Å². The number of pyridine rings is 1. The highest BCUT2D eigenvalue weighted by Gasteiger charge is 2.18. The van der Waals surface area contributed by atoms with Crippen molar-refractivity contribution in [1.82, 2.24) is 14.1 Å². The van der Waals surface area contributed by atoms with E-state index in [0.29, 0.717) is 29.4 Å². The number of rotatable bonds is 4. The van der Waals surface area contributed by atoms with Crippen molar-refractivity contribution < 1.29 is 4.74 Å². The maximum Gasteiger partial charge on any atom is 0.328 e. The van der Waals surface area contributed by atoms with Crippen LogP contribution in [0.2, 0.25) is 0 Å². The van der Waals surface area contributed by atoms with Crippen LogP contribution in [0.1, 0.15) is 20.8 Å². The van der Waals surface area contributed by atoms with Crippen LogP contribution in [0.25, 0.3) is 22.2 Å². The molecule has 0 aliphatic carbocycles. The summed E-state index contributed by atoms with van der Waals surface area (Å²) in [6, 6.07) is 13.1. The molecule has 0 bridgehead atoms. The number of benzene rings is 2. The molecular formula is C24H27N5O2. The van der Waals surface area contributed by atoms with Crippen molar-refractivity contribution in [2.75, 3.05) is 11.5 Å². The van der Waals surface area contributed by atoms with Gasteiger partial charge in [0.15, 0.2) is 5.75 Å². The normalized spacial score (nSPS) is 11.7. The van der Waals surface area contributed by atoms with Crippen LogP contribution < -0.4 is 21.9 Å². The summed E-state index contributed by atoms with van der Waals surface area (Å²) < 4.78 is 9.44. The van der Waals surface area contributed by atoms with Gasteiger partial charge in [-0.3, -0.25) is 14.1 Å². The van der Waals surface area contributed by atoms with Gasteiger partial charge in [-0.2, -0.15) is 0 Å². The number of imidazole rings is 1. The van der Waals surface area contributed by atoms with E-state index < -0.39 is 0 Å². The van der Waals surface area contributed by atoms with Crippen LogP contribution in [0, 0.1) is 5.41 Å². The zero-order chi connectivity index (χ0) is 22.3. The zero-order valence-electron chi connectivity index (χ0n) is 18.2. The smallest absolute Gasteiger partial charge is 0.328 e. The van der Waals surface area contributed by atoms with Crippen LogP contribution in [0.5, 0.6) is 11.5 Å². The maximum atomic E-state index is 12.8. The summed E-state index contributed by atoms with van der Waals surface area (Å²) in [6.07, 6.45) is 3.17. The van der Waals surface area contributed by atoms with Gasteiger partial charge in [0, 0.05) is 37.1 Å². The second kappa shape index (κ2) is 7.50. The number of fused-ring (bicyclic) bond motifs is 1. The highest BCUT2D eigenvalue weighted by Crippen LogP contribution is 2.34. The van der Waals surface area contributed by atoms with Crippen LogP contribution >= 0.6 is 0 Å². The first-order valence-corrected chi connectivity index (χ1v) is 10.1. The number of hydrogen-bond acceptors (Lipinski definition) is 5. The molecule has 4 N–H and O–H groups in total. The minimum absolute atomic E-state index is 0.0122. The summed E-state index contributed by atoms with van der Waals surface area (Å²) in [6.45, 7) is 7.00. The Kier molecular flexibility index (Phi) is 4.97. The van der Waals surface area contributed by atoms with E-state index in [1.807, 2.05) is 28.8 Å². The van der Waals surface area contributed by atoms with E-state index in [-0.39, 0.29) is 11.1 Å². The van der Waals surface area contributed by atoms with Gasteiger partial charge in [0.1, 0.15) is 5.75 Å². The predicted octanol–water partition coefficient (Wildman–Crippen LogP) is 4.40. The lowest BCUT2D eigenvalue weighted by Gasteiger charge is -2.18. The molecule has 2 aromatic carbocycles. The largest absolute Gasteiger partial charge is 0.455 e. The minimum Gasteiger partial charge on any atom is -0.455 e. The molecule has 0 atom stereocenters. The molecule has 160 valence electrons. The summed E-state index contributed by atoms with van der Waals surface area (Å²) in [5.74, 6) is 1.14. The Labute approximate surface area is 180 Å². The highest BCUT2D eigenvalue weighted by molar-refractivity contribution is 5.86. The third kappa shape index (κ3) is 3.99. The van der Waals surface area contributed by atoms with Crippen molar-refractivity contribution >= 4 is 22.4 Å². The summed E-state index contributed by atoms with van der Waals surface area (Å²) in [5, 5.41) is 0. The van der Waals surface area contributed by atoms with Gasteiger partial charge < -0.3 is 16.2 Å². The topological polar surface area (TPSA) is 101 Å². The Morgan fingerprint density at radius 2 is 1.77 bits per heavy atom. The Bertz CT molecular complexity index is 1330. The van der Waals surface area contributed by atoms with E-state index in [0.717, 1.165) is 22.2 Å². The molecule has 0 amide bonds. The predicted molar refractivity (Wildman–Crippen MR) is 125 cm³/mol. The van der Waals surface area contributed by atoms with Crippen molar-refractivity contribution in [3.8, 4) is 22.6 Å². The van der Waals surface area contributed by atoms with Gasteiger partial charge in [0.25, 0.3) is 0 Å². The molecule has 0 aliphatic heterocycles. The van der Waals surface area contributed by atoms with E-state index in [4.69, 9.17) is 16.2 Å². The molecule has 0 spiro atoms. The number of ether oxygens (including phenoxy) is 1. The lowest BCUT2D eigenvalue weighted by atomic mass is 9.97. The van der Waals surface area contributed by atoms with Crippen LogP contribution in [-0.4, -0.2) is 14.1 Å². The number of nitrogen functional groups attached to an aromatic ring is 2. The quantitative estimate of drug-likeness (QED) is 0.479. The summed E-state index contributed by atoms with van der Waals surface area (Å²) in [7, 11) is 1.79. The number of aromatic nitrogens is 3. The average molecular weight is 418 g/mol. The summed E-state index contributed by atoms with van der Waals surface area (Å²) >= 11 is 0. The first-order valence-electron chi connectivity index (χ1n) is 10.1. The fourth-order valence-electron chi connectivity index (χ4n) is 3.66. The molecule has 4 rings (SSSR count). The second-order valence-electron chi connectivity index (χ2n) is 8.96. The Morgan fingerprint density at radius 3 is 2.48 bits per heavy atom. The third-order valence-corrected chi connectivity index (χ3v) is 5.15. The summed E-state index contributed by atoms with van der Waals surface area (Å²) in [5.41, 5.74) is 16.7. The molecule has 0 aliphatic rings. The van der Waals surface area contributed by atoms with Gasteiger partial charge in [-0.05, 0) is 41.3 Å². The molecule has 2 heterocycles. The first kappa shape index (κ1) is 20.5. The molecule has 2 aromatic heterocycles. The van der Waals surface area contributed by atoms with Gasteiger partial charge in [-0.15, -0.1) is 0 Å². The second-order valence-corrected chi connectivity index (χ2v) is 8.96. The van der Waals surface area contributed by atoms with Crippen molar-refractivity contribution in [1.29, 1.82) is 0 Å². The molecule has 4 aromatic rings. The fourth-order valence-corrected chi connectivity index (χ4v) is 3.66. The molecular weight excluding hydrogens is 390 g/mol. The highest BCUT2D eigenvalue weighted by atomic mass is 16.5. The molecule has 0 unspecified atom stereocenters. The molecule has 0 radical (unpaired) electrons.